The maximum atomic E-state index is 2.52. The Labute approximate surface area is 234 Å². The third-order valence-electron chi connectivity index (χ3n) is 9.38. The predicted molar refractivity (Wildman–Crippen MR) is 167 cm³/mol. The van der Waals surface area contributed by atoms with Crippen molar-refractivity contribution in [2.75, 3.05) is 23.9 Å². The van der Waals surface area contributed by atoms with Crippen molar-refractivity contribution in [3.8, 4) is 11.1 Å². The second-order valence-corrected chi connectivity index (χ2v) is 14.0. The molecule has 0 aromatic heterocycles. The molecule has 0 fully saturated rings. The van der Waals surface area contributed by atoms with Crippen molar-refractivity contribution in [3.63, 3.8) is 0 Å². The van der Waals surface area contributed by atoms with Crippen LogP contribution in [-0.2, 0) is 30.1 Å². The van der Waals surface area contributed by atoms with Gasteiger partial charge in [0, 0.05) is 49.7 Å². The monoisotopic (exact) mass is 512 g/mol. The van der Waals surface area contributed by atoms with Gasteiger partial charge in [0.2, 0.25) is 0 Å². The van der Waals surface area contributed by atoms with Crippen LogP contribution in [0.4, 0.5) is 22.7 Å². The van der Waals surface area contributed by atoms with E-state index in [-0.39, 0.29) is 10.8 Å². The van der Waals surface area contributed by atoms with Crippen LogP contribution in [0.3, 0.4) is 0 Å². The van der Waals surface area contributed by atoms with Crippen molar-refractivity contribution >= 4 is 22.7 Å². The molecule has 2 aliphatic heterocycles. The third kappa shape index (κ3) is 3.60. The van der Waals surface area contributed by atoms with E-state index in [9.17, 15) is 0 Å². The summed E-state index contributed by atoms with van der Waals surface area (Å²) in [5.74, 6) is 0. The van der Waals surface area contributed by atoms with E-state index in [1.807, 2.05) is 0 Å². The topological polar surface area (TPSA) is 6.48 Å². The van der Waals surface area contributed by atoms with E-state index in [0.717, 1.165) is 19.3 Å². The van der Waals surface area contributed by atoms with E-state index in [1.165, 1.54) is 78.4 Å². The molecule has 0 saturated heterocycles. The molecular formula is C37H40N2. The van der Waals surface area contributed by atoms with Crippen LogP contribution in [0.1, 0.15) is 86.1 Å². The van der Waals surface area contributed by atoms with Crippen molar-refractivity contribution in [2.24, 2.45) is 0 Å². The van der Waals surface area contributed by atoms with Crippen molar-refractivity contribution in [2.45, 2.75) is 71.6 Å². The zero-order valence-corrected chi connectivity index (χ0v) is 24.8. The smallest absolute Gasteiger partial charge is 0.0447 e. The summed E-state index contributed by atoms with van der Waals surface area (Å²) in [5.41, 5.74) is 20.3. The summed E-state index contributed by atoms with van der Waals surface area (Å²) in [6, 6.07) is 23.7. The molecule has 0 saturated carbocycles. The number of rotatable bonds is 0. The van der Waals surface area contributed by atoms with Crippen LogP contribution in [-0.4, -0.2) is 14.1 Å². The van der Waals surface area contributed by atoms with Gasteiger partial charge in [0.25, 0.3) is 0 Å². The van der Waals surface area contributed by atoms with Crippen LogP contribution in [0, 0.1) is 0 Å². The highest BCUT2D eigenvalue weighted by molar-refractivity contribution is 5.87. The number of hydrogen-bond acceptors (Lipinski definition) is 2. The fraction of sp³-hybridized carbons (Fsp3) is 0.351. The van der Waals surface area contributed by atoms with Gasteiger partial charge in [0.15, 0.2) is 0 Å². The van der Waals surface area contributed by atoms with Gasteiger partial charge in [-0.2, -0.15) is 0 Å². The Kier molecular flexibility index (Phi) is 5.03. The van der Waals surface area contributed by atoms with Gasteiger partial charge in [0.1, 0.15) is 0 Å². The van der Waals surface area contributed by atoms with Gasteiger partial charge >= 0.3 is 0 Å². The Morgan fingerprint density at radius 2 is 0.897 bits per heavy atom. The molecule has 198 valence electrons. The molecule has 1 aliphatic carbocycles. The van der Waals surface area contributed by atoms with E-state index >= 15 is 0 Å². The number of hydrogen-bond donors (Lipinski definition) is 0. The second-order valence-electron chi connectivity index (χ2n) is 14.0. The van der Waals surface area contributed by atoms with Gasteiger partial charge in [-0.3, -0.25) is 0 Å². The van der Waals surface area contributed by atoms with Crippen LogP contribution < -0.4 is 9.80 Å². The number of anilines is 4. The summed E-state index contributed by atoms with van der Waals surface area (Å²) >= 11 is 0. The molecule has 39 heavy (non-hydrogen) atoms. The fourth-order valence-electron chi connectivity index (χ4n) is 7.45. The Hall–Kier alpha value is -3.52. The highest BCUT2D eigenvalue weighted by Gasteiger charge is 2.32. The first-order valence-electron chi connectivity index (χ1n) is 14.5. The van der Waals surface area contributed by atoms with Crippen molar-refractivity contribution in [1.29, 1.82) is 0 Å². The SMILES string of the molecule is CN1c2cc3c(cc2Cc2c1cccc2C(C)(C)C)-c1cc2c(cc1C3)N(C)c1cccc(C(C)(C)C)c1C2. The Morgan fingerprint density at radius 1 is 0.487 bits per heavy atom. The highest BCUT2D eigenvalue weighted by Crippen LogP contribution is 2.50. The lowest BCUT2D eigenvalue weighted by Gasteiger charge is -2.35. The summed E-state index contributed by atoms with van der Waals surface area (Å²) in [4.78, 5) is 4.85. The average Bonchev–Trinajstić information content (AvgIpc) is 3.21. The van der Waals surface area contributed by atoms with Crippen molar-refractivity contribution < 1.29 is 0 Å². The van der Waals surface area contributed by atoms with Crippen LogP contribution in [0.5, 0.6) is 0 Å². The second kappa shape index (κ2) is 8.01. The standard InChI is InChI=1S/C37H40N2/c1-36(2,3)30-11-9-13-32-28(30)18-24-16-26-22(20-34(24)38(32)7)15-23-21-35-25(17-27(23)26)19-29-31(37(4,5)6)12-10-14-33(29)39(35)8/h9-14,16-17,20-21H,15,18-19H2,1-8H3. The molecule has 2 nitrogen and oxygen atoms in total. The molecule has 0 bridgehead atoms. The summed E-state index contributed by atoms with van der Waals surface area (Å²) in [6.07, 6.45) is 3.01. The molecule has 0 radical (unpaired) electrons. The lowest BCUT2D eigenvalue weighted by molar-refractivity contribution is 0.583. The van der Waals surface area contributed by atoms with E-state index in [2.05, 4.69) is 126 Å². The first kappa shape index (κ1) is 24.5. The first-order chi connectivity index (χ1) is 18.4. The Bertz CT molecular complexity index is 1550. The van der Waals surface area contributed by atoms with E-state index < -0.39 is 0 Å². The molecule has 2 heterocycles. The number of fused-ring (bicyclic) bond motifs is 7. The zero-order chi connectivity index (χ0) is 27.4. The lowest BCUT2D eigenvalue weighted by Crippen LogP contribution is -2.23. The fourth-order valence-corrected chi connectivity index (χ4v) is 7.45. The largest absolute Gasteiger partial charge is 0.344 e. The summed E-state index contributed by atoms with van der Waals surface area (Å²) in [7, 11) is 4.49. The number of nitrogens with zero attached hydrogens (tertiary/aromatic N) is 2. The van der Waals surface area contributed by atoms with Crippen LogP contribution >= 0.6 is 0 Å². The highest BCUT2D eigenvalue weighted by atomic mass is 15.1. The summed E-state index contributed by atoms with van der Waals surface area (Å²) in [5, 5.41) is 0. The third-order valence-corrected chi connectivity index (χ3v) is 9.38. The molecule has 2 heteroatoms. The Morgan fingerprint density at radius 3 is 1.28 bits per heavy atom. The van der Waals surface area contributed by atoms with Gasteiger partial charge in [-0.25, -0.2) is 0 Å². The molecule has 0 N–H and O–H groups in total. The van der Waals surface area contributed by atoms with Gasteiger partial charge < -0.3 is 9.80 Å². The molecule has 0 unspecified atom stereocenters. The minimum Gasteiger partial charge on any atom is -0.344 e. The van der Waals surface area contributed by atoms with Crippen LogP contribution in [0.15, 0.2) is 60.7 Å². The lowest BCUT2D eigenvalue weighted by atomic mass is 9.79. The summed E-state index contributed by atoms with van der Waals surface area (Å²) < 4.78 is 0. The molecule has 7 rings (SSSR count). The van der Waals surface area contributed by atoms with Gasteiger partial charge in [0.05, 0.1) is 0 Å². The maximum absolute atomic E-state index is 2.52. The molecule has 0 amide bonds. The molecule has 0 atom stereocenters. The van der Waals surface area contributed by atoms with Gasteiger partial charge in [-0.15, -0.1) is 0 Å². The number of benzene rings is 4. The van der Waals surface area contributed by atoms with Gasteiger partial charge in [-0.1, -0.05) is 65.8 Å². The van der Waals surface area contributed by atoms with Crippen LogP contribution in [0.2, 0.25) is 0 Å². The first-order valence-corrected chi connectivity index (χ1v) is 14.5. The normalized spacial score (nSPS) is 15.3. The molecule has 0 spiro atoms. The van der Waals surface area contributed by atoms with E-state index in [0.29, 0.717) is 0 Å². The Balaban J connectivity index is 1.33. The van der Waals surface area contributed by atoms with Crippen molar-refractivity contribution in [1.82, 2.24) is 0 Å². The minimum absolute atomic E-state index is 0.125. The van der Waals surface area contributed by atoms with E-state index in [1.54, 1.807) is 0 Å². The average molecular weight is 513 g/mol. The maximum Gasteiger partial charge on any atom is 0.0447 e. The molecule has 4 aromatic rings. The summed E-state index contributed by atoms with van der Waals surface area (Å²) in [6.45, 7) is 14.0. The van der Waals surface area contributed by atoms with Gasteiger partial charge in [-0.05, 0) is 109 Å². The zero-order valence-electron chi connectivity index (χ0n) is 24.8. The predicted octanol–water partition coefficient (Wildman–Crippen LogP) is 9.20. The minimum atomic E-state index is 0.125. The van der Waals surface area contributed by atoms with E-state index in [4.69, 9.17) is 0 Å². The van der Waals surface area contributed by atoms with Crippen LogP contribution in [0.25, 0.3) is 11.1 Å². The molecular weight excluding hydrogens is 472 g/mol. The molecule has 3 aliphatic rings. The quantitative estimate of drug-likeness (QED) is 0.204. The molecule has 4 aromatic carbocycles. The van der Waals surface area contributed by atoms with Crippen molar-refractivity contribution in [3.05, 3.63) is 105 Å².